The summed E-state index contributed by atoms with van der Waals surface area (Å²) in [6.07, 6.45) is 0.761. The molecule has 3 rings (SSSR count). The number of carbonyl (C=O) groups is 2. The van der Waals surface area contributed by atoms with Crippen molar-refractivity contribution in [3.8, 4) is 6.07 Å². The summed E-state index contributed by atoms with van der Waals surface area (Å²) in [5.74, 6) is -0.742. The standard InChI is InChI=1S/C19H19N3O3S/c1-3-22-9-8-14-15(11-22)26-18(16(14)19(24)25-2)21-17(23)13-6-4-12(10-20)5-7-13/h4-7H,3,8-9,11H2,1-2H3,(H,21,23). The molecule has 1 amide bonds. The van der Waals surface area contributed by atoms with E-state index in [1.807, 2.05) is 6.07 Å². The summed E-state index contributed by atoms with van der Waals surface area (Å²) in [5.41, 5.74) is 2.36. The van der Waals surface area contributed by atoms with E-state index in [9.17, 15) is 9.59 Å². The Kier molecular flexibility index (Phi) is 5.35. The quantitative estimate of drug-likeness (QED) is 0.838. The number of nitriles is 1. The Hall–Kier alpha value is -2.69. The summed E-state index contributed by atoms with van der Waals surface area (Å²) < 4.78 is 4.94. The number of esters is 1. The van der Waals surface area contributed by atoms with Crippen LogP contribution in [0, 0.1) is 11.3 Å². The Bertz CT molecular complexity index is 881. The topological polar surface area (TPSA) is 82.4 Å². The molecule has 2 heterocycles. The van der Waals surface area contributed by atoms with Crippen LogP contribution in [0.1, 0.15) is 43.6 Å². The zero-order valence-electron chi connectivity index (χ0n) is 14.7. The van der Waals surface area contributed by atoms with E-state index in [1.165, 1.54) is 18.4 Å². The number of fused-ring (bicyclic) bond motifs is 1. The van der Waals surface area contributed by atoms with Crippen molar-refractivity contribution < 1.29 is 14.3 Å². The van der Waals surface area contributed by atoms with Crippen molar-refractivity contribution in [3.05, 3.63) is 51.4 Å². The molecule has 1 aliphatic heterocycles. The van der Waals surface area contributed by atoms with Gasteiger partial charge in [-0.05, 0) is 42.8 Å². The molecule has 0 unspecified atom stereocenters. The zero-order valence-corrected chi connectivity index (χ0v) is 15.5. The molecule has 1 aromatic carbocycles. The molecule has 26 heavy (non-hydrogen) atoms. The van der Waals surface area contributed by atoms with Crippen molar-refractivity contribution in [2.24, 2.45) is 0 Å². The smallest absolute Gasteiger partial charge is 0.341 e. The molecule has 0 saturated heterocycles. The molecule has 1 aliphatic rings. The van der Waals surface area contributed by atoms with Gasteiger partial charge in [0.25, 0.3) is 5.91 Å². The molecule has 0 atom stereocenters. The number of rotatable bonds is 4. The van der Waals surface area contributed by atoms with Crippen molar-refractivity contribution in [1.29, 1.82) is 5.26 Å². The van der Waals surface area contributed by atoms with Crippen molar-refractivity contribution in [2.45, 2.75) is 19.9 Å². The fourth-order valence-electron chi connectivity index (χ4n) is 3.00. The van der Waals surface area contributed by atoms with Gasteiger partial charge < -0.3 is 10.1 Å². The Morgan fingerprint density at radius 3 is 2.69 bits per heavy atom. The summed E-state index contributed by atoms with van der Waals surface area (Å²) in [7, 11) is 1.35. The van der Waals surface area contributed by atoms with Crippen molar-refractivity contribution >= 4 is 28.2 Å². The van der Waals surface area contributed by atoms with Gasteiger partial charge in [0, 0.05) is 23.5 Å². The van der Waals surface area contributed by atoms with E-state index in [1.54, 1.807) is 24.3 Å². The lowest BCUT2D eigenvalue weighted by Gasteiger charge is -2.25. The van der Waals surface area contributed by atoms with Crippen LogP contribution >= 0.6 is 11.3 Å². The number of hydrogen-bond acceptors (Lipinski definition) is 6. The maximum absolute atomic E-state index is 12.6. The zero-order chi connectivity index (χ0) is 18.7. The van der Waals surface area contributed by atoms with Gasteiger partial charge in [0.1, 0.15) is 5.00 Å². The summed E-state index contributed by atoms with van der Waals surface area (Å²) in [6.45, 7) is 4.70. The Morgan fingerprint density at radius 1 is 1.35 bits per heavy atom. The van der Waals surface area contributed by atoms with Gasteiger partial charge in [-0.2, -0.15) is 5.26 Å². The number of amides is 1. The van der Waals surface area contributed by atoms with E-state index in [0.717, 1.165) is 36.5 Å². The van der Waals surface area contributed by atoms with Crippen LogP contribution in [0.25, 0.3) is 0 Å². The summed E-state index contributed by atoms with van der Waals surface area (Å²) >= 11 is 1.43. The van der Waals surface area contributed by atoms with Gasteiger partial charge in [-0.25, -0.2) is 4.79 Å². The van der Waals surface area contributed by atoms with Gasteiger partial charge in [0.2, 0.25) is 0 Å². The molecule has 6 nitrogen and oxygen atoms in total. The normalized spacial score (nSPS) is 13.6. The third-order valence-electron chi connectivity index (χ3n) is 4.48. The van der Waals surface area contributed by atoms with Gasteiger partial charge in [-0.1, -0.05) is 6.92 Å². The molecule has 134 valence electrons. The Balaban J connectivity index is 1.91. The first-order valence-corrected chi connectivity index (χ1v) is 9.15. The number of methoxy groups -OCH3 is 1. The molecule has 0 radical (unpaired) electrons. The number of likely N-dealkylation sites (N-methyl/N-ethyl adjacent to an activating group) is 1. The number of nitrogens with zero attached hydrogens (tertiary/aromatic N) is 2. The summed E-state index contributed by atoms with van der Waals surface area (Å²) in [6, 6.07) is 8.40. The fourth-order valence-corrected chi connectivity index (χ4v) is 4.28. The first-order chi connectivity index (χ1) is 12.6. The van der Waals surface area contributed by atoms with E-state index >= 15 is 0 Å². The van der Waals surface area contributed by atoms with E-state index in [2.05, 4.69) is 17.1 Å². The molecule has 0 aliphatic carbocycles. The lowest BCUT2D eigenvalue weighted by Crippen LogP contribution is -2.29. The number of hydrogen-bond donors (Lipinski definition) is 1. The molecular formula is C19H19N3O3S. The number of carbonyl (C=O) groups excluding carboxylic acids is 2. The molecule has 2 aromatic rings. The highest BCUT2D eigenvalue weighted by Crippen LogP contribution is 2.37. The second kappa shape index (κ2) is 7.68. The second-order valence-corrected chi connectivity index (χ2v) is 7.07. The van der Waals surface area contributed by atoms with E-state index in [-0.39, 0.29) is 5.91 Å². The molecular weight excluding hydrogens is 350 g/mol. The second-order valence-electron chi connectivity index (χ2n) is 5.96. The van der Waals surface area contributed by atoms with Crippen LogP contribution in [0.4, 0.5) is 5.00 Å². The van der Waals surface area contributed by atoms with Crippen LogP contribution in [0.2, 0.25) is 0 Å². The minimum atomic E-state index is -0.428. The molecule has 1 N–H and O–H groups in total. The van der Waals surface area contributed by atoms with Crippen molar-refractivity contribution in [1.82, 2.24) is 4.90 Å². The molecule has 0 saturated carbocycles. The minimum Gasteiger partial charge on any atom is -0.465 e. The monoisotopic (exact) mass is 369 g/mol. The van der Waals surface area contributed by atoms with Crippen molar-refractivity contribution in [3.63, 3.8) is 0 Å². The van der Waals surface area contributed by atoms with Crippen LogP contribution in [0.5, 0.6) is 0 Å². The molecule has 0 bridgehead atoms. The van der Waals surface area contributed by atoms with E-state index in [0.29, 0.717) is 21.7 Å². The fraction of sp³-hybridized carbons (Fsp3) is 0.316. The predicted molar refractivity (Wildman–Crippen MR) is 99.4 cm³/mol. The number of ether oxygens (including phenoxy) is 1. The average molecular weight is 369 g/mol. The highest BCUT2D eigenvalue weighted by Gasteiger charge is 2.29. The van der Waals surface area contributed by atoms with Gasteiger partial charge in [0.15, 0.2) is 0 Å². The third kappa shape index (κ3) is 3.47. The van der Waals surface area contributed by atoms with E-state index in [4.69, 9.17) is 10.00 Å². The van der Waals surface area contributed by atoms with Crippen LogP contribution in [-0.4, -0.2) is 37.0 Å². The first kappa shape index (κ1) is 18.1. The van der Waals surface area contributed by atoms with Crippen LogP contribution in [-0.2, 0) is 17.7 Å². The van der Waals surface area contributed by atoms with Crippen LogP contribution in [0.15, 0.2) is 24.3 Å². The highest BCUT2D eigenvalue weighted by atomic mass is 32.1. The van der Waals surface area contributed by atoms with Crippen molar-refractivity contribution in [2.75, 3.05) is 25.5 Å². The minimum absolute atomic E-state index is 0.314. The number of benzene rings is 1. The SMILES string of the molecule is CCN1CCc2c(sc(NC(=O)c3ccc(C#N)cc3)c2C(=O)OC)C1. The number of anilines is 1. The highest BCUT2D eigenvalue weighted by molar-refractivity contribution is 7.17. The average Bonchev–Trinajstić information content (AvgIpc) is 3.04. The van der Waals surface area contributed by atoms with Gasteiger partial charge >= 0.3 is 5.97 Å². The molecule has 0 fully saturated rings. The summed E-state index contributed by atoms with van der Waals surface area (Å²) in [4.78, 5) is 28.3. The van der Waals surface area contributed by atoms with Gasteiger partial charge in [0.05, 0.1) is 24.3 Å². The molecule has 0 spiro atoms. The molecule has 1 aromatic heterocycles. The maximum Gasteiger partial charge on any atom is 0.341 e. The Labute approximate surface area is 156 Å². The molecule has 7 heteroatoms. The van der Waals surface area contributed by atoms with E-state index < -0.39 is 5.97 Å². The Morgan fingerprint density at radius 2 is 2.08 bits per heavy atom. The third-order valence-corrected chi connectivity index (χ3v) is 5.61. The summed E-state index contributed by atoms with van der Waals surface area (Å²) in [5, 5.41) is 12.2. The van der Waals surface area contributed by atoms with Crippen LogP contribution < -0.4 is 5.32 Å². The predicted octanol–water partition coefficient (Wildman–Crippen LogP) is 3.04. The maximum atomic E-state index is 12.6. The number of thiophene rings is 1. The lowest BCUT2D eigenvalue weighted by atomic mass is 10.0. The van der Waals surface area contributed by atoms with Crippen LogP contribution in [0.3, 0.4) is 0 Å². The van der Waals surface area contributed by atoms with Gasteiger partial charge in [-0.15, -0.1) is 11.3 Å². The first-order valence-electron chi connectivity index (χ1n) is 8.34. The van der Waals surface area contributed by atoms with Gasteiger partial charge in [-0.3, -0.25) is 9.69 Å². The largest absolute Gasteiger partial charge is 0.465 e. The lowest BCUT2D eigenvalue weighted by molar-refractivity contribution is 0.0600. The number of nitrogens with one attached hydrogen (secondary N) is 1.